The summed E-state index contributed by atoms with van der Waals surface area (Å²) in [5.74, 6) is 0.574. The zero-order chi connectivity index (χ0) is 14.3. The topological polar surface area (TPSA) is 94.3 Å². The van der Waals surface area contributed by atoms with Crippen molar-refractivity contribution in [3.05, 3.63) is 18.3 Å². The maximum absolute atomic E-state index is 11.9. The van der Waals surface area contributed by atoms with E-state index in [9.17, 15) is 8.42 Å². The first-order valence-corrected chi connectivity index (χ1v) is 7.69. The summed E-state index contributed by atoms with van der Waals surface area (Å²) in [5.41, 5.74) is 5.71. The van der Waals surface area contributed by atoms with Gasteiger partial charge in [-0.3, -0.25) is 0 Å². The highest BCUT2D eigenvalue weighted by atomic mass is 32.2. The predicted octanol–water partition coefficient (Wildman–Crippen LogP) is 1.00. The molecule has 1 aromatic heterocycles. The van der Waals surface area contributed by atoms with Crippen LogP contribution in [0.1, 0.15) is 20.3 Å². The lowest BCUT2D eigenvalue weighted by molar-refractivity contribution is 0.128. The summed E-state index contributed by atoms with van der Waals surface area (Å²) in [7, 11) is -3.66. The van der Waals surface area contributed by atoms with Gasteiger partial charge in [0.05, 0.1) is 12.3 Å². The third kappa shape index (κ3) is 5.54. The van der Waals surface area contributed by atoms with E-state index in [1.807, 2.05) is 0 Å². The molecule has 1 aromatic rings. The van der Waals surface area contributed by atoms with Crippen LogP contribution in [0.5, 0.6) is 0 Å². The molecule has 0 aliphatic carbocycles. The van der Waals surface area contributed by atoms with E-state index in [1.54, 1.807) is 6.07 Å². The normalized spacial score (nSPS) is 11.9. The Kier molecular flexibility index (Phi) is 6.20. The maximum atomic E-state index is 11.9. The predicted molar refractivity (Wildman–Crippen MR) is 74.1 cm³/mol. The van der Waals surface area contributed by atoms with Gasteiger partial charge in [-0.2, -0.15) is 0 Å². The molecule has 0 amide bonds. The highest BCUT2D eigenvalue weighted by Gasteiger charge is 2.17. The van der Waals surface area contributed by atoms with Gasteiger partial charge in [-0.1, -0.05) is 13.8 Å². The van der Waals surface area contributed by atoms with E-state index in [1.165, 1.54) is 12.3 Å². The summed E-state index contributed by atoms with van der Waals surface area (Å²) in [4.78, 5) is 3.77. The van der Waals surface area contributed by atoms with Gasteiger partial charge in [0, 0.05) is 19.3 Å². The molecule has 0 spiro atoms. The van der Waals surface area contributed by atoms with Crippen LogP contribution in [-0.2, 0) is 14.8 Å². The van der Waals surface area contributed by atoms with E-state index in [0.717, 1.165) is 6.42 Å². The number of nitrogens with zero attached hydrogens (tertiary/aromatic N) is 1. The molecule has 6 nitrogen and oxygen atoms in total. The molecule has 0 aliphatic heterocycles. The second kappa shape index (κ2) is 7.42. The van der Waals surface area contributed by atoms with Crippen LogP contribution in [-0.4, -0.2) is 33.2 Å². The van der Waals surface area contributed by atoms with Gasteiger partial charge in [-0.05, 0) is 24.5 Å². The average molecular weight is 287 g/mol. The Morgan fingerprint density at radius 1 is 1.42 bits per heavy atom. The molecular formula is C12H21N3O3S. The van der Waals surface area contributed by atoms with Crippen molar-refractivity contribution >= 4 is 15.7 Å². The average Bonchev–Trinajstić information content (AvgIpc) is 2.33. The van der Waals surface area contributed by atoms with Crippen molar-refractivity contribution in [3.63, 3.8) is 0 Å². The Morgan fingerprint density at radius 2 is 2.16 bits per heavy atom. The lowest BCUT2D eigenvalue weighted by atomic mass is 10.1. The fourth-order valence-electron chi connectivity index (χ4n) is 1.37. The van der Waals surface area contributed by atoms with Gasteiger partial charge in [0.1, 0.15) is 0 Å². The zero-order valence-corrected chi connectivity index (χ0v) is 12.1. The molecule has 108 valence electrons. The van der Waals surface area contributed by atoms with Crippen molar-refractivity contribution < 1.29 is 13.2 Å². The summed E-state index contributed by atoms with van der Waals surface area (Å²) in [6, 6.07) is 3.09. The minimum absolute atomic E-state index is 0.135. The Hall–Kier alpha value is -1.18. The smallest absolute Gasteiger partial charge is 0.260 e. The molecule has 0 aromatic carbocycles. The Morgan fingerprint density at radius 3 is 2.79 bits per heavy atom. The monoisotopic (exact) mass is 287 g/mol. The van der Waals surface area contributed by atoms with E-state index in [-0.39, 0.29) is 17.3 Å². The second-order valence-electron chi connectivity index (χ2n) is 4.59. The summed E-state index contributed by atoms with van der Waals surface area (Å²) >= 11 is 0. The summed E-state index contributed by atoms with van der Waals surface area (Å²) < 4.78 is 31.5. The van der Waals surface area contributed by atoms with Crippen LogP contribution in [0.3, 0.4) is 0 Å². The van der Waals surface area contributed by atoms with Crippen LogP contribution >= 0.6 is 0 Å². The fraction of sp³-hybridized carbons (Fsp3) is 0.583. The molecule has 0 bridgehead atoms. The van der Waals surface area contributed by atoms with Crippen molar-refractivity contribution in [2.45, 2.75) is 25.3 Å². The molecule has 7 heteroatoms. The lowest BCUT2D eigenvalue weighted by Gasteiger charge is -2.09. The number of hydrogen-bond acceptors (Lipinski definition) is 5. The standard InChI is InChI=1S/C12H21N3O3S/c1-10(2)5-8-18-9-7-15-19(16,17)12-11(13)4-3-6-14-12/h3-4,6,10,15H,5,7-9,13H2,1-2H3. The molecule has 0 unspecified atom stereocenters. The number of rotatable bonds is 8. The molecule has 0 fully saturated rings. The highest BCUT2D eigenvalue weighted by Crippen LogP contribution is 2.12. The van der Waals surface area contributed by atoms with Crippen LogP contribution in [0, 0.1) is 5.92 Å². The van der Waals surface area contributed by atoms with Crippen LogP contribution in [0.4, 0.5) is 5.69 Å². The van der Waals surface area contributed by atoms with Crippen molar-refractivity contribution in [3.8, 4) is 0 Å². The number of ether oxygens (including phenoxy) is 1. The van der Waals surface area contributed by atoms with E-state index in [2.05, 4.69) is 23.6 Å². The van der Waals surface area contributed by atoms with Crippen molar-refractivity contribution in [1.82, 2.24) is 9.71 Å². The van der Waals surface area contributed by atoms with Crippen LogP contribution in [0.2, 0.25) is 0 Å². The van der Waals surface area contributed by atoms with Gasteiger partial charge >= 0.3 is 0 Å². The Balaban J connectivity index is 2.38. The molecule has 19 heavy (non-hydrogen) atoms. The molecule has 0 atom stereocenters. The molecule has 3 N–H and O–H groups in total. The zero-order valence-electron chi connectivity index (χ0n) is 11.3. The SMILES string of the molecule is CC(C)CCOCCNS(=O)(=O)c1ncccc1N. The van der Waals surface area contributed by atoms with Gasteiger partial charge < -0.3 is 10.5 Å². The molecule has 1 heterocycles. The molecule has 0 saturated heterocycles. The molecule has 0 aliphatic rings. The first-order chi connectivity index (χ1) is 8.93. The number of pyridine rings is 1. The first kappa shape index (κ1) is 15.9. The Labute approximate surface area is 114 Å². The van der Waals surface area contributed by atoms with E-state index < -0.39 is 10.0 Å². The minimum atomic E-state index is -3.66. The van der Waals surface area contributed by atoms with Gasteiger partial charge in [-0.25, -0.2) is 18.1 Å². The molecule has 0 saturated carbocycles. The van der Waals surface area contributed by atoms with Crippen molar-refractivity contribution in [2.24, 2.45) is 5.92 Å². The number of nitrogens with two attached hydrogens (primary N) is 1. The Bertz CT molecular complexity index is 489. The minimum Gasteiger partial charge on any atom is -0.396 e. The molecular weight excluding hydrogens is 266 g/mol. The summed E-state index contributed by atoms with van der Waals surface area (Å²) in [6.07, 6.45) is 2.35. The van der Waals surface area contributed by atoms with Gasteiger partial charge in [0.15, 0.2) is 5.03 Å². The number of hydrogen-bond donors (Lipinski definition) is 2. The van der Waals surface area contributed by atoms with Crippen LogP contribution in [0.25, 0.3) is 0 Å². The number of sulfonamides is 1. The van der Waals surface area contributed by atoms with Crippen molar-refractivity contribution in [2.75, 3.05) is 25.5 Å². The summed E-state index contributed by atoms with van der Waals surface area (Å²) in [5, 5.41) is -0.141. The highest BCUT2D eigenvalue weighted by molar-refractivity contribution is 7.89. The number of anilines is 1. The van der Waals surface area contributed by atoms with E-state index in [0.29, 0.717) is 19.1 Å². The van der Waals surface area contributed by atoms with Crippen LogP contribution < -0.4 is 10.5 Å². The number of aromatic nitrogens is 1. The first-order valence-electron chi connectivity index (χ1n) is 6.21. The second-order valence-corrected chi connectivity index (χ2v) is 6.27. The van der Waals surface area contributed by atoms with Crippen molar-refractivity contribution in [1.29, 1.82) is 0 Å². The fourth-order valence-corrected chi connectivity index (χ4v) is 2.43. The van der Waals surface area contributed by atoms with Crippen LogP contribution in [0.15, 0.2) is 23.4 Å². The lowest BCUT2D eigenvalue weighted by Crippen LogP contribution is -2.29. The van der Waals surface area contributed by atoms with E-state index in [4.69, 9.17) is 10.5 Å². The van der Waals surface area contributed by atoms with Gasteiger partial charge in [0.2, 0.25) is 0 Å². The third-order valence-corrected chi connectivity index (χ3v) is 3.87. The van der Waals surface area contributed by atoms with Gasteiger partial charge in [0.25, 0.3) is 10.0 Å². The number of nitrogen functional groups attached to an aromatic ring is 1. The molecule has 0 radical (unpaired) electrons. The van der Waals surface area contributed by atoms with Gasteiger partial charge in [-0.15, -0.1) is 0 Å². The van der Waals surface area contributed by atoms with E-state index >= 15 is 0 Å². The molecule has 1 rings (SSSR count). The number of nitrogens with one attached hydrogen (secondary N) is 1. The third-order valence-electron chi connectivity index (χ3n) is 2.43. The summed E-state index contributed by atoms with van der Waals surface area (Å²) in [6.45, 7) is 5.38. The maximum Gasteiger partial charge on any atom is 0.260 e. The quantitative estimate of drug-likeness (QED) is 0.696. The largest absolute Gasteiger partial charge is 0.396 e.